The Balaban J connectivity index is 1.82. The molecule has 2 aromatic rings. The Bertz CT molecular complexity index is 825. The molecule has 1 N–H and O–H groups in total. The van der Waals surface area contributed by atoms with Gasteiger partial charge in [0.15, 0.2) is 12.4 Å². The first-order valence-electron chi connectivity index (χ1n) is 9.85. The maximum Gasteiger partial charge on any atom is 0.220 e. The normalized spacial score (nSPS) is 10.7. The van der Waals surface area contributed by atoms with Crippen molar-refractivity contribution < 1.29 is 9.36 Å². The van der Waals surface area contributed by atoms with Gasteiger partial charge in [0.25, 0.3) is 0 Å². The first-order valence-corrected chi connectivity index (χ1v) is 10.5. The number of rotatable bonds is 11. The molecule has 5 nitrogen and oxygen atoms in total. The van der Waals surface area contributed by atoms with Gasteiger partial charge in [-0.3, -0.25) is 4.79 Å². The van der Waals surface area contributed by atoms with Crippen LogP contribution in [-0.4, -0.2) is 31.8 Å². The molecule has 0 atom stereocenters. The summed E-state index contributed by atoms with van der Waals surface area (Å²) >= 11 is 4.08. The molecule has 1 aromatic heterocycles. The predicted molar refractivity (Wildman–Crippen MR) is 122 cm³/mol. The minimum absolute atomic E-state index is 0.0847. The van der Waals surface area contributed by atoms with Crippen molar-refractivity contribution in [3.05, 3.63) is 59.9 Å². The highest BCUT2D eigenvalue weighted by atomic mass is 32.1. The lowest BCUT2D eigenvalue weighted by atomic mass is 10.1. The van der Waals surface area contributed by atoms with Crippen LogP contribution in [0.5, 0.6) is 0 Å². The van der Waals surface area contributed by atoms with E-state index in [4.69, 9.17) is 5.26 Å². The highest BCUT2D eigenvalue weighted by molar-refractivity contribution is 7.80. The molecule has 0 radical (unpaired) electrons. The van der Waals surface area contributed by atoms with Crippen molar-refractivity contribution in [1.29, 1.82) is 5.26 Å². The summed E-state index contributed by atoms with van der Waals surface area (Å²) in [4.78, 5) is 13.7. The van der Waals surface area contributed by atoms with Gasteiger partial charge in [-0.05, 0) is 23.3 Å². The Hall–Kier alpha value is -2.78. The van der Waals surface area contributed by atoms with Gasteiger partial charge in [0.1, 0.15) is 6.54 Å². The van der Waals surface area contributed by atoms with E-state index < -0.39 is 0 Å². The van der Waals surface area contributed by atoms with Crippen LogP contribution in [0.1, 0.15) is 30.4 Å². The molecule has 1 amide bonds. The number of anilines is 1. The van der Waals surface area contributed by atoms with Crippen LogP contribution in [-0.2, 0) is 11.3 Å². The molecule has 6 heteroatoms. The van der Waals surface area contributed by atoms with E-state index in [1.807, 2.05) is 19.4 Å². The molecule has 0 aliphatic rings. The number of aryl methyl sites for hydroxylation is 1. The Labute approximate surface area is 179 Å². The van der Waals surface area contributed by atoms with Crippen molar-refractivity contribution in [3.8, 4) is 6.07 Å². The number of nitrogens with one attached hydrogen (secondary N) is 1. The van der Waals surface area contributed by atoms with E-state index in [2.05, 4.69) is 82.0 Å². The molecule has 0 spiro atoms. The molecule has 0 aliphatic carbocycles. The van der Waals surface area contributed by atoms with Crippen LogP contribution in [0, 0.1) is 11.3 Å². The number of hydrogen-bond acceptors (Lipinski definition) is 4. The number of nitrogens with zero attached hydrogens (tertiary/aromatic N) is 3. The number of aromatic nitrogens is 1. The van der Waals surface area contributed by atoms with E-state index in [1.54, 1.807) is 0 Å². The van der Waals surface area contributed by atoms with Gasteiger partial charge in [0, 0.05) is 56.6 Å². The van der Waals surface area contributed by atoms with Crippen molar-refractivity contribution in [2.45, 2.75) is 25.8 Å². The SMILES string of the molecule is CN(CCC#N)c1ccc(/C=C/c2cc[n+](CCCC(=O)NCCS)cc2)cc1. The summed E-state index contributed by atoms with van der Waals surface area (Å²) in [5, 5.41) is 11.5. The zero-order valence-corrected chi connectivity index (χ0v) is 17.8. The summed E-state index contributed by atoms with van der Waals surface area (Å²) < 4.78 is 2.09. The number of benzene rings is 1. The first-order chi connectivity index (χ1) is 14.1. The molecule has 1 aromatic carbocycles. The van der Waals surface area contributed by atoms with Crippen LogP contribution in [0.15, 0.2) is 48.8 Å². The number of hydrogen-bond donors (Lipinski definition) is 2. The van der Waals surface area contributed by atoms with Crippen molar-refractivity contribution in [1.82, 2.24) is 5.32 Å². The van der Waals surface area contributed by atoms with E-state index in [0.717, 1.165) is 36.3 Å². The largest absolute Gasteiger partial charge is 0.374 e. The van der Waals surface area contributed by atoms with Crippen LogP contribution >= 0.6 is 12.6 Å². The van der Waals surface area contributed by atoms with Gasteiger partial charge >= 0.3 is 0 Å². The zero-order chi connectivity index (χ0) is 20.9. The monoisotopic (exact) mass is 409 g/mol. The summed E-state index contributed by atoms with van der Waals surface area (Å²) in [6.45, 7) is 2.17. The second kappa shape index (κ2) is 12.6. The molecule has 2 rings (SSSR count). The fourth-order valence-corrected chi connectivity index (χ4v) is 2.93. The Morgan fingerprint density at radius 3 is 2.45 bits per heavy atom. The fraction of sp³-hybridized carbons (Fsp3) is 0.348. The van der Waals surface area contributed by atoms with Gasteiger partial charge in [-0.2, -0.15) is 17.9 Å². The maximum absolute atomic E-state index is 11.6. The highest BCUT2D eigenvalue weighted by Crippen LogP contribution is 2.15. The van der Waals surface area contributed by atoms with Crippen molar-refractivity contribution in [3.63, 3.8) is 0 Å². The number of nitriles is 1. The molecule has 0 saturated carbocycles. The Morgan fingerprint density at radius 2 is 1.83 bits per heavy atom. The number of carbonyl (C=O) groups excluding carboxylic acids is 1. The average Bonchev–Trinajstić information content (AvgIpc) is 2.75. The van der Waals surface area contributed by atoms with E-state index in [9.17, 15) is 4.79 Å². The third kappa shape index (κ3) is 8.41. The maximum atomic E-state index is 11.6. The Morgan fingerprint density at radius 1 is 1.17 bits per heavy atom. The number of thiol groups is 1. The van der Waals surface area contributed by atoms with Gasteiger partial charge in [-0.25, -0.2) is 4.57 Å². The molecule has 0 fully saturated rings. The van der Waals surface area contributed by atoms with Gasteiger partial charge < -0.3 is 10.2 Å². The quantitative estimate of drug-likeness (QED) is 0.442. The van der Waals surface area contributed by atoms with Crippen LogP contribution in [0.25, 0.3) is 12.2 Å². The second-order valence-corrected chi connectivity index (χ2v) is 7.25. The van der Waals surface area contributed by atoms with E-state index in [-0.39, 0.29) is 5.91 Å². The summed E-state index contributed by atoms with van der Waals surface area (Å²) in [5.41, 5.74) is 3.37. The molecule has 0 bridgehead atoms. The predicted octanol–water partition coefficient (Wildman–Crippen LogP) is 3.32. The molecule has 0 aliphatic heterocycles. The summed E-state index contributed by atoms with van der Waals surface area (Å²) in [6, 6.07) is 14.6. The van der Waals surface area contributed by atoms with Gasteiger partial charge in [0.05, 0.1) is 12.5 Å². The van der Waals surface area contributed by atoms with E-state index in [0.29, 0.717) is 25.1 Å². The van der Waals surface area contributed by atoms with Crippen molar-refractivity contribution in [2.24, 2.45) is 0 Å². The first kappa shape index (κ1) is 22.5. The van der Waals surface area contributed by atoms with Crippen LogP contribution in [0.2, 0.25) is 0 Å². The third-order valence-corrected chi connectivity index (χ3v) is 4.76. The number of amides is 1. The standard InChI is InChI=1S/C23H28N4OS/c1-26(15-3-13-24)22-9-7-20(8-10-22)5-6-21-11-17-27(18-12-21)16-2-4-23(28)25-14-19-29/h5-12,17-18H,2-4,14-16,19H2,1H3,(H-,25,28,29)/p+1. The lowest BCUT2D eigenvalue weighted by Crippen LogP contribution is -2.33. The molecular weight excluding hydrogens is 380 g/mol. The molecule has 29 heavy (non-hydrogen) atoms. The molecular formula is C23H29N4OS+. The van der Waals surface area contributed by atoms with Gasteiger partial charge in [-0.15, -0.1) is 0 Å². The minimum atomic E-state index is 0.0847. The number of pyridine rings is 1. The van der Waals surface area contributed by atoms with Crippen LogP contribution in [0.3, 0.4) is 0 Å². The highest BCUT2D eigenvalue weighted by Gasteiger charge is 2.04. The summed E-state index contributed by atoms with van der Waals surface area (Å²) in [5.74, 6) is 0.750. The summed E-state index contributed by atoms with van der Waals surface area (Å²) in [7, 11) is 2.00. The average molecular weight is 410 g/mol. The van der Waals surface area contributed by atoms with E-state index in [1.165, 1.54) is 0 Å². The van der Waals surface area contributed by atoms with E-state index >= 15 is 0 Å². The molecule has 0 saturated heterocycles. The second-order valence-electron chi connectivity index (χ2n) is 6.80. The lowest BCUT2D eigenvalue weighted by Gasteiger charge is -2.17. The van der Waals surface area contributed by atoms with Crippen molar-refractivity contribution >= 4 is 36.4 Å². The fourth-order valence-electron chi connectivity index (χ4n) is 2.81. The zero-order valence-electron chi connectivity index (χ0n) is 16.9. The third-order valence-electron chi connectivity index (χ3n) is 4.53. The van der Waals surface area contributed by atoms with Gasteiger partial charge in [-0.1, -0.05) is 24.3 Å². The van der Waals surface area contributed by atoms with Gasteiger partial charge in [0.2, 0.25) is 5.91 Å². The van der Waals surface area contributed by atoms with Crippen LogP contribution in [0.4, 0.5) is 5.69 Å². The topological polar surface area (TPSA) is 60.0 Å². The Kier molecular flexibility index (Phi) is 9.81. The smallest absolute Gasteiger partial charge is 0.220 e. The van der Waals surface area contributed by atoms with Crippen molar-refractivity contribution in [2.75, 3.05) is 30.8 Å². The molecule has 152 valence electrons. The number of carbonyl (C=O) groups is 1. The molecule has 1 heterocycles. The van der Waals surface area contributed by atoms with Crippen LogP contribution < -0.4 is 14.8 Å². The molecule has 0 unspecified atom stereocenters. The summed E-state index contributed by atoms with van der Waals surface area (Å²) in [6.07, 6.45) is 10.1. The lowest BCUT2D eigenvalue weighted by molar-refractivity contribution is -0.697. The minimum Gasteiger partial charge on any atom is -0.374 e.